The number of halogens is 2. The first-order chi connectivity index (χ1) is 11.1. The van der Waals surface area contributed by atoms with Crippen molar-refractivity contribution in [2.24, 2.45) is 4.99 Å². The summed E-state index contributed by atoms with van der Waals surface area (Å²) in [7, 11) is 0. The van der Waals surface area contributed by atoms with E-state index in [1.54, 1.807) is 35.2 Å². The van der Waals surface area contributed by atoms with Crippen molar-refractivity contribution in [2.45, 2.75) is 5.75 Å². The second kappa shape index (κ2) is 7.15. The van der Waals surface area contributed by atoms with Gasteiger partial charge in [0, 0.05) is 22.9 Å². The molecule has 0 saturated heterocycles. The van der Waals surface area contributed by atoms with Gasteiger partial charge in [-0.25, -0.2) is 4.39 Å². The predicted octanol–water partition coefficient (Wildman–Crippen LogP) is 4.22. The minimum Gasteiger partial charge on any atom is -0.286 e. The third-order valence-corrected chi connectivity index (χ3v) is 4.73. The maximum Gasteiger partial charge on any atom is 0.259 e. The summed E-state index contributed by atoms with van der Waals surface area (Å²) in [6.07, 6.45) is 0. The second-order valence-corrected chi connectivity index (χ2v) is 6.43. The van der Waals surface area contributed by atoms with Crippen LogP contribution in [0.15, 0.2) is 53.5 Å². The van der Waals surface area contributed by atoms with Crippen LogP contribution in [0.4, 0.5) is 4.39 Å². The summed E-state index contributed by atoms with van der Waals surface area (Å²) in [6, 6.07) is 13.2. The van der Waals surface area contributed by atoms with Crippen LogP contribution >= 0.6 is 23.4 Å². The van der Waals surface area contributed by atoms with Crippen LogP contribution < -0.4 is 0 Å². The Bertz CT molecular complexity index is 749. The third-order valence-electron chi connectivity index (χ3n) is 3.39. The molecule has 3 nitrogen and oxygen atoms in total. The fourth-order valence-electron chi connectivity index (χ4n) is 2.26. The molecular formula is C17H14ClFN2OS. The Kier molecular flexibility index (Phi) is 4.98. The Hall–Kier alpha value is -1.85. The van der Waals surface area contributed by atoms with Crippen LogP contribution in [0.25, 0.3) is 0 Å². The molecule has 118 valence electrons. The number of benzene rings is 2. The molecule has 1 aliphatic heterocycles. The molecule has 0 unspecified atom stereocenters. The summed E-state index contributed by atoms with van der Waals surface area (Å²) in [6.45, 7) is 1.15. The highest BCUT2D eigenvalue weighted by molar-refractivity contribution is 8.13. The molecule has 23 heavy (non-hydrogen) atoms. The zero-order valence-electron chi connectivity index (χ0n) is 12.2. The second-order valence-electron chi connectivity index (χ2n) is 5.05. The van der Waals surface area contributed by atoms with Crippen LogP contribution in [-0.4, -0.2) is 29.1 Å². The Labute approximate surface area is 143 Å². The van der Waals surface area contributed by atoms with Crippen molar-refractivity contribution in [3.63, 3.8) is 0 Å². The molecule has 0 atom stereocenters. The summed E-state index contributed by atoms with van der Waals surface area (Å²) in [5.74, 6) is 0.219. The van der Waals surface area contributed by atoms with Gasteiger partial charge in [0.2, 0.25) is 0 Å². The molecule has 0 spiro atoms. The van der Waals surface area contributed by atoms with Crippen LogP contribution in [0.1, 0.15) is 15.9 Å². The number of carbonyl (C=O) groups is 1. The van der Waals surface area contributed by atoms with Gasteiger partial charge in [-0.05, 0) is 42.0 Å². The number of hydrogen-bond donors (Lipinski definition) is 0. The molecular weight excluding hydrogens is 335 g/mol. The van der Waals surface area contributed by atoms with Gasteiger partial charge in [-0.3, -0.25) is 14.7 Å². The van der Waals surface area contributed by atoms with Crippen LogP contribution in [-0.2, 0) is 5.75 Å². The Morgan fingerprint density at radius 3 is 2.78 bits per heavy atom. The van der Waals surface area contributed by atoms with Gasteiger partial charge in [0.05, 0.1) is 6.54 Å². The number of amidine groups is 1. The van der Waals surface area contributed by atoms with E-state index < -0.39 is 0 Å². The standard InChI is InChI=1S/C17H14ClFN2OS/c18-14-6-4-13(5-7-14)16(22)21-9-8-20-17(21)23-11-12-2-1-3-15(19)10-12/h1-7,10H,8-9,11H2. The summed E-state index contributed by atoms with van der Waals surface area (Å²) in [5.41, 5.74) is 1.44. The lowest BCUT2D eigenvalue weighted by Gasteiger charge is -2.18. The van der Waals surface area contributed by atoms with Crippen LogP contribution in [0.3, 0.4) is 0 Å². The molecule has 6 heteroatoms. The number of nitrogens with zero attached hydrogens (tertiary/aromatic N) is 2. The van der Waals surface area contributed by atoms with Gasteiger partial charge >= 0.3 is 0 Å². The average molecular weight is 349 g/mol. The first-order valence-corrected chi connectivity index (χ1v) is 8.49. The number of rotatable bonds is 3. The average Bonchev–Trinajstić information content (AvgIpc) is 3.01. The quantitative estimate of drug-likeness (QED) is 0.831. The largest absolute Gasteiger partial charge is 0.286 e. The van der Waals surface area contributed by atoms with E-state index in [0.29, 0.717) is 34.6 Å². The fourth-order valence-corrected chi connectivity index (χ4v) is 3.38. The molecule has 0 bridgehead atoms. The van der Waals surface area contributed by atoms with Gasteiger partial charge in [-0.1, -0.05) is 35.5 Å². The van der Waals surface area contributed by atoms with E-state index in [0.717, 1.165) is 5.56 Å². The molecule has 3 rings (SSSR count). The molecule has 0 fully saturated rings. The van der Waals surface area contributed by atoms with Crippen molar-refractivity contribution in [3.8, 4) is 0 Å². The number of thioether (sulfide) groups is 1. The molecule has 1 heterocycles. The summed E-state index contributed by atoms with van der Waals surface area (Å²) >= 11 is 7.29. The lowest BCUT2D eigenvalue weighted by molar-refractivity contribution is 0.0860. The van der Waals surface area contributed by atoms with E-state index in [1.807, 2.05) is 6.07 Å². The number of aliphatic imine (C=N–C) groups is 1. The third kappa shape index (κ3) is 3.92. The van der Waals surface area contributed by atoms with Gasteiger partial charge in [-0.15, -0.1) is 0 Å². The topological polar surface area (TPSA) is 32.7 Å². The minimum atomic E-state index is -0.259. The van der Waals surface area contributed by atoms with E-state index in [1.165, 1.54) is 23.9 Å². The maximum atomic E-state index is 13.2. The molecule has 2 aromatic carbocycles. The van der Waals surface area contributed by atoms with E-state index in [-0.39, 0.29) is 11.7 Å². The summed E-state index contributed by atoms with van der Waals surface area (Å²) in [5, 5.41) is 1.27. The van der Waals surface area contributed by atoms with Crippen LogP contribution in [0.5, 0.6) is 0 Å². The van der Waals surface area contributed by atoms with Crippen molar-refractivity contribution in [2.75, 3.05) is 13.1 Å². The maximum absolute atomic E-state index is 13.2. The molecule has 1 amide bonds. The monoisotopic (exact) mass is 348 g/mol. The van der Waals surface area contributed by atoms with E-state index in [4.69, 9.17) is 11.6 Å². The molecule has 0 saturated carbocycles. The van der Waals surface area contributed by atoms with Crippen LogP contribution in [0.2, 0.25) is 5.02 Å². The van der Waals surface area contributed by atoms with Gasteiger partial charge in [0.1, 0.15) is 5.82 Å². The number of carbonyl (C=O) groups excluding carboxylic acids is 1. The molecule has 0 radical (unpaired) electrons. The molecule has 0 aliphatic carbocycles. The molecule has 0 aromatic heterocycles. The Morgan fingerprint density at radius 1 is 1.26 bits per heavy atom. The number of hydrogen-bond acceptors (Lipinski definition) is 3. The lowest BCUT2D eigenvalue weighted by atomic mass is 10.2. The van der Waals surface area contributed by atoms with Gasteiger partial charge in [0.15, 0.2) is 5.17 Å². The molecule has 1 aliphatic rings. The molecule has 2 aromatic rings. The summed E-state index contributed by atoms with van der Waals surface area (Å²) in [4.78, 5) is 18.6. The van der Waals surface area contributed by atoms with Gasteiger partial charge < -0.3 is 0 Å². The smallest absolute Gasteiger partial charge is 0.259 e. The fraction of sp³-hybridized carbons (Fsp3) is 0.176. The van der Waals surface area contributed by atoms with Crippen molar-refractivity contribution >= 4 is 34.4 Å². The number of amides is 1. The predicted molar refractivity (Wildman–Crippen MR) is 92.5 cm³/mol. The van der Waals surface area contributed by atoms with Crippen molar-refractivity contribution in [1.29, 1.82) is 0 Å². The van der Waals surface area contributed by atoms with Gasteiger partial charge in [0.25, 0.3) is 5.91 Å². The van der Waals surface area contributed by atoms with E-state index in [2.05, 4.69) is 4.99 Å². The summed E-state index contributed by atoms with van der Waals surface area (Å²) < 4.78 is 13.2. The lowest BCUT2D eigenvalue weighted by Crippen LogP contribution is -2.32. The van der Waals surface area contributed by atoms with Crippen molar-refractivity contribution < 1.29 is 9.18 Å². The highest BCUT2D eigenvalue weighted by Gasteiger charge is 2.25. The first kappa shape index (κ1) is 16.0. The highest BCUT2D eigenvalue weighted by Crippen LogP contribution is 2.22. The van der Waals surface area contributed by atoms with Crippen molar-refractivity contribution in [3.05, 3.63) is 70.5 Å². The molecule has 0 N–H and O–H groups in total. The Morgan fingerprint density at radius 2 is 2.04 bits per heavy atom. The first-order valence-electron chi connectivity index (χ1n) is 7.12. The van der Waals surface area contributed by atoms with Crippen molar-refractivity contribution in [1.82, 2.24) is 4.90 Å². The Balaban J connectivity index is 1.67. The van der Waals surface area contributed by atoms with E-state index in [9.17, 15) is 9.18 Å². The SMILES string of the molecule is O=C(c1ccc(Cl)cc1)N1CCN=C1SCc1cccc(F)c1. The zero-order valence-corrected chi connectivity index (χ0v) is 13.8. The normalized spacial score (nSPS) is 14.0. The zero-order chi connectivity index (χ0) is 16.2. The van der Waals surface area contributed by atoms with E-state index >= 15 is 0 Å². The van der Waals surface area contributed by atoms with Gasteiger partial charge in [-0.2, -0.15) is 0 Å². The van der Waals surface area contributed by atoms with Crippen LogP contribution in [0, 0.1) is 5.82 Å². The highest BCUT2D eigenvalue weighted by atomic mass is 35.5. The minimum absolute atomic E-state index is 0.0929.